The summed E-state index contributed by atoms with van der Waals surface area (Å²) in [4.78, 5) is 0. The van der Waals surface area contributed by atoms with Crippen molar-refractivity contribution in [3.8, 4) is 17.2 Å². The van der Waals surface area contributed by atoms with Gasteiger partial charge in [-0.2, -0.15) is 0 Å². The summed E-state index contributed by atoms with van der Waals surface area (Å²) in [5.41, 5.74) is 0.354. The second kappa shape index (κ2) is 10.2. The molecule has 156 valence electrons. The van der Waals surface area contributed by atoms with E-state index in [4.69, 9.17) is 9.47 Å². The molecule has 1 atom stereocenters. The van der Waals surface area contributed by atoms with Crippen molar-refractivity contribution in [3.05, 3.63) is 95.8 Å². The zero-order valence-electron chi connectivity index (χ0n) is 17.4. The minimum atomic E-state index is -1.63. The molecule has 5 heteroatoms. The lowest BCUT2D eigenvalue weighted by Gasteiger charge is -2.20. The summed E-state index contributed by atoms with van der Waals surface area (Å²) in [5.74, 6) is 0.392. The van der Waals surface area contributed by atoms with Gasteiger partial charge in [0.1, 0.15) is 23.1 Å². The van der Waals surface area contributed by atoms with Crippen molar-refractivity contribution in [2.24, 2.45) is 0 Å². The lowest BCUT2D eigenvalue weighted by Crippen LogP contribution is -2.17. The van der Waals surface area contributed by atoms with Crippen molar-refractivity contribution in [2.75, 3.05) is 6.61 Å². The predicted molar refractivity (Wildman–Crippen MR) is 121 cm³/mol. The Morgan fingerprint density at radius 3 is 2.13 bits per heavy atom. The van der Waals surface area contributed by atoms with Gasteiger partial charge >= 0.3 is 0 Å². The molecule has 0 amide bonds. The molecule has 3 aromatic carbocycles. The summed E-state index contributed by atoms with van der Waals surface area (Å²) in [7, 11) is -1.63. The third kappa shape index (κ3) is 5.36. The van der Waals surface area contributed by atoms with Crippen LogP contribution in [-0.2, 0) is 0 Å². The van der Waals surface area contributed by atoms with Crippen LogP contribution < -0.4 is 9.47 Å². The minimum Gasteiger partial charge on any atom is -0.494 e. The maximum absolute atomic E-state index is 15.4. The average molecular weight is 425 g/mol. The first-order valence-corrected chi connectivity index (χ1v) is 13.1. The Labute approximate surface area is 178 Å². The molecule has 0 saturated carbocycles. The van der Waals surface area contributed by atoms with Crippen LogP contribution >= 0.6 is 0 Å². The molecule has 3 rings (SSSR count). The van der Waals surface area contributed by atoms with Crippen molar-refractivity contribution >= 4 is 14.6 Å². The van der Waals surface area contributed by atoms with Gasteiger partial charge in [-0.25, -0.2) is 8.78 Å². The number of benzene rings is 3. The fraction of sp³-hybridized carbons (Fsp3) is 0.200. The number of para-hydroxylation sites is 1. The lowest BCUT2D eigenvalue weighted by molar-refractivity contribution is 0.340. The Morgan fingerprint density at radius 2 is 1.50 bits per heavy atom. The highest BCUT2D eigenvalue weighted by atomic mass is 28.3. The van der Waals surface area contributed by atoms with E-state index >= 15 is 8.78 Å². The number of halogens is 2. The predicted octanol–water partition coefficient (Wildman–Crippen LogP) is 7.29. The van der Waals surface area contributed by atoms with Gasteiger partial charge in [0, 0.05) is 19.9 Å². The van der Waals surface area contributed by atoms with Gasteiger partial charge in [-0.1, -0.05) is 43.4 Å². The smallest absolute Gasteiger partial charge is 0.162 e. The van der Waals surface area contributed by atoms with Gasteiger partial charge in [0.25, 0.3) is 0 Å². The monoisotopic (exact) mass is 424 g/mol. The maximum atomic E-state index is 15.4. The van der Waals surface area contributed by atoms with E-state index < -0.39 is 26.0 Å². The Kier molecular flexibility index (Phi) is 7.41. The Bertz CT molecular complexity index is 986. The van der Waals surface area contributed by atoms with E-state index in [-0.39, 0.29) is 5.56 Å². The first kappa shape index (κ1) is 21.8. The van der Waals surface area contributed by atoms with Gasteiger partial charge < -0.3 is 9.47 Å². The molecule has 3 aromatic rings. The Morgan fingerprint density at radius 1 is 0.833 bits per heavy atom. The van der Waals surface area contributed by atoms with E-state index in [1.165, 1.54) is 0 Å². The molecule has 2 nitrogen and oxygen atoms in total. The van der Waals surface area contributed by atoms with E-state index in [0.29, 0.717) is 23.9 Å². The second-order valence-electron chi connectivity index (χ2n) is 7.33. The molecule has 0 heterocycles. The summed E-state index contributed by atoms with van der Waals surface area (Å²) in [6.45, 7) is 6.43. The topological polar surface area (TPSA) is 18.5 Å². The highest BCUT2D eigenvalue weighted by Gasteiger charge is 2.26. The van der Waals surface area contributed by atoms with Gasteiger partial charge in [0.05, 0.1) is 6.61 Å². The van der Waals surface area contributed by atoms with Crippen LogP contribution in [-0.4, -0.2) is 15.4 Å². The van der Waals surface area contributed by atoms with E-state index in [9.17, 15) is 0 Å². The Balaban J connectivity index is 1.91. The molecule has 0 saturated heterocycles. The van der Waals surface area contributed by atoms with Gasteiger partial charge in [-0.15, -0.1) is 0 Å². The Hall–Kier alpha value is -2.92. The first-order chi connectivity index (χ1) is 14.5. The standard InChI is InChI=1S/C25H26F2O2Si/c1-4-28-20-15-13-18(14-16-20)23(26)24(27)25(30(2)3)19-9-8-12-22(17-19)29-21-10-6-5-7-11-21/h5-17,25,30H,4H2,1-3H3. The number of hydrogen-bond acceptors (Lipinski definition) is 2. The van der Waals surface area contributed by atoms with Gasteiger partial charge in [0.15, 0.2) is 5.83 Å². The third-order valence-corrected chi connectivity index (χ3v) is 6.78. The summed E-state index contributed by atoms with van der Waals surface area (Å²) in [6.07, 6.45) is 0. The van der Waals surface area contributed by atoms with E-state index in [1.54, 1.807) is 30.3 Å². The maximum Gasteiger partial charge on any atom is 0.162 e. The molecule has 1 unspecified atom stereocenters. The molecule has 0 aliphatic rings. The molecule has 0 spiro atoms. The molecular weight excluding hydrogens is 398 g/mol. The highest BCUT2D eigenvalue weighted by molar-refractivity contribution is 6.58. The van der Waals surface area contributed by atoms with Crippen molar-refractivity contribution in [3.63, 3.8) is 0 Å². The molecule has 0 radical (unpaired) electrons. The number of hydrogen-bond donors (Lipinski definition) is 0. The average Bonchev–Trinajstić information content (AvgIpc) is 2.75. The van der Waals surface area contributed by atoms with Crippen LogP contribution in [0.5, 0.6) is 17.2 Å². The highest BCUT2D eigenvalue weighted by Crippen LogP contribution is 2.37. The van der Waals surface area contributed by atoms with Crippen molar-refractivity contribution in [1.29, 1.82) is 0 Å². The fourth-order valence-electron chi connectivity index (χ4n) is 3.36. The number of ether oxygens (including phenoxy) is 2. The fourth-order valence-corrected chi connectivity index (χ4v) is 5.07. The summed E-state index contributed by atoms with van der Waals surface area (Å²) in [5, 5.41) is 0. The summed E-state index contributed by atoms with van der Waals surface area (Å²) in [6, 6.07) is 23.1. The molecule has 0 bridgehead atoms. The largest absolute Gasteiger partial charge is 0.494 e. The van der Waals surface area contributed by atoms with Crippen LogP contribution in [0.3, 0.4) is 0 Å². The minimum absolute atomic E-state index is 0.215. The quantitative estimate of drug-likeness (QED) is 0.353. The SMILES string of the molecule is CCOc1ccc(C(F)=C(F)C(c2cccc(Oc3ccccc3)c2)[SiH](C)C)cc1. The summed E-state index contributed by atoms with van der Waals surface area (Å²) < 4.78 is 41.7. The van der Waals surface area contributed by atoms with E-state index in [0.717, 1.165) is 5.56 Å². The van der Waals surface area contributed by atoms with Crippen molar-refractivity contribution < 1.29 is 18.3 Å². The van der Waals surface area contributed by atoms with Crippen LogP contribution in [0.25, 0.3) is 5.83 Å². The van der Waals surface area contributed by atoms with Crippen LogP contribution in [0.1, 0.15) is 23.6 Å². The normalized spacial score (nSPS) is 13.0. The molecular formula is C25H26F2O2Si. The lowest BCUT2D eigenvalue weighted by atomic mass is 10.1. The number of allylic oxidation sites excluding steroid dienone is 1. The van der Waals surface area contributed by atoms with Crippen LogP contribution in [0.4, 0.5) is 8.78 Å². The van der Waals surface area contributed by atoms with E-state index in [1.807, 2.05) is 68.5 Å². The van der Waals surface area contributed by atoms with Gasteiger partial charge in [-0.05, 0) is 61.0 Å². The molecule has 0 fully saturated rings. The zero-order chi connectivity index (χ0) is 21.5. The first-order valence-electron chi connectivity index (χ1n) is 10.1. The van der Waals surface area contributed by atoms with Crippen molar-refractivity contribution in [1.82, 2.24) is 0 Å². The zero-order valence-corrected chi connectivity index (χ0v) is 18.6. The van der Waals surface area contributed by atoms with Gasteiger partial charge in [-0.3, -0.25) is 0 Å². The van der Waals surface area contributed by atoms with E-state index in [2.05, 4.69) is 0 Å². The molecule has 0 aliphatic heterocycles. The van der Waals surface area contributed by atoms with Crippen molar-refractivity contribution in [2.45, 2.75) is 25.6 Å². The number of rotatable bonds is 8. The molecule has 30 heavy (non-hydrogen) atoms. The van der Waals surface area contributed by atoms with Crippen LogP contribution in [0, 0.1) is 0 Å². The molecule has 0 N–H and O–H groups in total. The van der Waals surface area contributed by atoms with Crippen LogP contribution in [0.15, 0.2) is 84.7 Å². The summed E-state index contributed by atoms with van der Waals surface area (Å²) >= 11 is 0. The molecule has 0 aromatic heterocycles. The third-order valence-electron chi connectivity index (χ3n) is 4.76. The van der Waals surface area contributed by atoms with Crippen LogP contribution in [0.2, 0.25) is 13.1 Å². The second-order valence-corrected chi connectivity index (χ2v) is 10.5. The van der Waals surface area contributed by atoms with Gasteiger partial charge in [0.2, 0.25) is 0 Å². The molecule has 0 aliphatic carbocycles.